The van der Waals surface area contributed by atoms with Gasteiger partial charge >= 0.3 is 0 Å². The number of furan rings is 1. The van der Waals surface area contributed by atoms with E-state index in [1.54, 1.807) is 0 Å². The monoisotopic (exact) mass is 613 g/mol. The molecule has 1 aromatic heterocycles. The number of nitrogens with zero attached hydrogens (tertiary/aromatic N) is 1. The number of anilines is 3. The fraction of sp³-hybridized carbons (Fsp3) is 0. The number of rotatable bonds is 6. The summed E-state index contributed by atoms with van der Waals surface area (Å²) in [6.07, 6.45) is 0. The Morgan fingerprint density at radius 1 is 0.333 bits per heavy atom. The molecule has 0 saturated heterocycles. The molecule has 0 aliphatic carbocycles. The van der Waals surface area contributed by atoms with Crippen LogP contribution in [0.3, 0.4) is 0 Å². The smallest absolute Gasteiger partial charge is 0.143 e. The van der Waals surface area contributed by atoms with Crippen molar-refractivity contribution in [3.8, 4) is 33.4 Å². The molecule has 0 spiro atoms. The summed E-state index contributed by atoms with van der Waals surface area (Å²) in [6.45, 7) is 0. The molecular weight excluding hydrogens is 583 g/mol. The second-order valence-electron chi connectivity index (χ2n) is 12.2. The zero-order valence-electron chi connectivity index (χ0n) is 26.3. The minimum atomic E-state index is 0.889. The van der Waals surface area contributed by atoms with Crippen LogP contribution in [0.1, 0.15) is 0 Å². The van der Waals surface area contributed by atoms with Crippen LogP contribution in [-0.4, -0.2) is 0 Å². The van der Waals surface area contributed by atoms with Crippen molar-refractivity contribution in [3.63, 3.8) is 0 Å². The molecule has 48 heavy (non-hydrogen) atoms. The largest absolute Gasteiger partial charge is 0.455 e. The van der Waals surface area contributed by atoms with Crippen molar-refractivity contribution >= 4 is 49.8 Å². The lowest BCUT2D eigenvalue weighted by Gasteiger charge is -2.27. The van der Waals surface area contributed by atoms with Gasteiger partial charge in [0.15, 0.2) is 0 Å². The van der Waals surface area contributed by atoms with Crippen LogP contribution < -0.4 is 4.90 Å². The van der Waals surface area contributed by atoms with Crippen LogP contribution >= 0.6 is 0 Å². The zero-order valence-corrected chi connectivity index (χ0v) is 26.3. The Balaban J connectivity index is 1.22. The van der Waals surface area contributed by atoms with Crippen LogP contribution in [0.4, 0.5) is 17.1 Å². The molecule has 0 amide bonds. The van der Waals surface area contributed by atoms with Gasteiger partial charge in [0.2, 0.25) is 0 Å². The van der Waals surface area contributed by atoms with Gasteiger partial charge in [0.05, 0.1) is 0 Å². The lowest BCUT2D eigenvalue weighted by Crippen LogP contribution is -2.10. The fourth-order valence-electron chi connectivity index (χ4n) is 6.83. The molecule has 0 atom stereocenters. The molecular formula is C46H31NO. The number of fused-ring (bicyclic) bond motifs is 4. The number of hydrogen-bond acceptors (Lipinski definition) is 2. The van der Waals surface area contributed by atoms with Gasteiger partial charge < -0.3 is 9.32 Å². The average molecular weight is 614 g/mol. The molecule has 0 aliphatic heterocycles. The van der Waals surface area contributed by atoms with Gasteiger partial charge in [-0.3, -0.25) is 0 Å². The van der Waals surface area contributed by atoms with Gasteiger partial charge in [-0.15, -0.1) is 0 Å². The van der Waals surface area contributed by atoms with E-state index < -0.39 is 0 Å². The molecule has 8 aromatic carbocycles. The Kier molecular flexibility index (Phi) is 6.84. The first-order chi connectivity index (χ1) is 23.8. The summed E-state index contributed by atoms with van der Waals surface area (Å²) in [5.74, 6) is 0. The molecule has 226 valence electrons. The molecule has 0 radical (unpaired) electrons. The van der Waals surface area contributed by atoms with E-state index in [-0.39, 0.29) is 0 Å². The Morgan fingerprint density at radius 3 is 1.58 bits per heavy atom. The van der Waals surface area contributed by atoms with Gasteiger partial charge in [-0.1, -0.05) is 140 Å². The summed E-state index contributed by atoms with van der Waals surface area (Å²) in [5.41, 5.74) is 12.0. The van der Waals surface area contributed by atoms with Crippen LogP contribution in [0.5, 0.6) is 0 Å². The number of hydrogen-bond donors (Lipinski definition) is 0. The molecule has 9 aromatic rings. The number of para-hydroxylation sites is 1. The predicted octanol–water partition coefficient (Wildman–Crippen LogP) is 13.2. The van der Waals surface area contributed by atoms with E-state index in [2.05, 4.69) is 187 Å². The molecule has 2 nitrogen and oxygen atoms in total. The van der Waals surface area contributed by atoms with Crippen molar-refractivity contribution in [2.24, 2.45) is 0 Å². The van der Waals surface area contributed by atoms with E-state index in [0.29, 0.717) is 0 Å². The molecule has 0 N–H and O–H groups in total. The van der Waals surface area contributed by atoms with Crippen LogP contribution in [0.2, 0.25) is 0 Å². The SMILES string of the molecule is c1ccc(-c2ccc(N(c3ccc(-c4ccc5ccccc5c4)cc3)c3cc(-c4ccccc4)c4oc5ccccc5c4c3)cc2)cc1. The second-order valence-corrected chi connectivity index (χ2v) is 12.2. The number of benzene rings is 8. The van der Waals surface area contributed by atoms with Crippen molar-refractivity contribution in [3.05, 3.63) is 188 Å². The average Bonchev–Trinajstić information content (AvgIpc) is 3.54. The topological polar surface area (TPSA) is 16.4 Å². The Labute approximate surface area is 279 Å². The van der Waals surface area contributed by atoms with Crippen LogP contribution in [0, 0.1) is 0 Å². The highest BCUT2D eigenvalue weighted by atomic mass is 16.3. The summed E-state index contributed by atoms with van der Waals surface area (Å²) in [6, 6.07) is 66.9. The van der Waals surface area contributed by atoms with Crippen molar-refractivity contribution in [1.82, 2.24) is 0 Å². The third-order valence-electron chi connectivity index (χ3n) is 9.25. The molecule has 2 heteroatoms. The zero-order chi connectivity index (χ0) is 31.9. The van der Waals surface area contributed by atoms with E-state index in [9.17, 15) is 0 Å². The first-order valence-corrected chi connectivity index (χ1v) is 16.3. The highest BCUT2D eigenvalue weighted by Crippen LogP contribution is 2.44. The van der Waals surface area contributed by atoms with Crippen molar-refractivity contribution < 1.29 is 4.42 Å². The van der Waals surface area contributed by atoms with Gasteiger partial charge in [0, 0.05) is 33.4 Å². The standard InChI is InChI=1S/C46H31NO/c1-3-11-32(12-4-1)34-21-25-39(26-22-34)47(40-27-23-35(24-28-40)38-20-19-33-13-7-8-16-37(33)29-38)41-30-43(36-14-5-2-6-15-36)46-44(31-41)42-17-9-10-18-45(42)48-46/h1-31H. The third-order valence-corrected chi connectivity index (χ3v) is 9.25. The summed E-state index contributed by atoms with van der Waals surface area (Å²) in [4.78, 5) is 2.35. The van der Waals surface area contributed by atoms with Gasteiger partial charge in [0.1, 0.15) is 11.2 Å². The highest BCUT2D eigenvalue weighted by Gasteiger charge is 2.20. The molecule has 0 saturated carbocycles. The Hall–Kier alpha value is -6.38. The minimum absolute atomic E-state index is 0.889. The quantitative estimate of drug-likeness (QED) is 0.185. The maximum absolute atomic E-state index is 6.53. The molecule has 9 rings (SSSR count). The minimum Gasteiger partial charge on any atom is -0.455 e. The summed E-state index contributed by atoms with van der Waals surface area (Å²) in [7, 11) is 0. The maximum Gasteiger partial charge on any atom is 0.143 e. The Bertz CT molecular complexity index is 2530. The Morgan fingerprint density at radius 2 is 0.875 bits per heavy atom. The third kappa shape index (κ3) is 5.01. The van der Waals surface area contributed by atoms with Crippen LogP contribution in [0.15, 0.2) is 192 Å². The normalized spacial score (nSPS) is 11.3. The summed E-state index contributed by atoms with van der Waals surface area (Å²) >= 11 is 0. The second kappa shape index (κ2) is 11.8. The lowest BCUT2D eigenvalue weighted by atomic mass is 9.99. The van der Waals surface area contributed by atoms with E-state index in [1.807, 2.05) is 6.07 Å². The van der Waals surface area contributed by atoms with Crippen LogP contribution in [-0.2, 0) is 0 Å². The predicted molar refractivity (Wildman–Crippen MR) is 202 cm³/mol. The fourth-order valence-corrected chi connectivity index (χ4v) is 6.83. The molecule has 1 heterocycles. The molecule has 0 aliphatic rings. The van der Waals surface area contributed by atoms with Crippen LogP contribution in [0.25, 0.3) is 66.1 Å². The van der Waals surface area contributed by atoms with Crippen molar-refractivity contribution in [1.29, 1.82) is 0 Å². The molecule has 0 bridgehead atoms. The maximum atomic E-state index is 6.53. The van der Waals surface area contributed by atoms with E-state index >= 15 is 0 Å². The highest BCUT2D eigenvalue weighted by molar-refractivity contribution is 6.11. The lowest BCUT2D eigenvalue weighted by molar-refractivity contribution is 0.670. The summed E-state index contributed by atoms with van der Waals surface area (Å²) < 4.78 is 6.53. The first-order valence-electron chi connectivity index (χ1n) is 16.3. The van der Waals surface area contributed by atoms with Gasteiger partial charge in [-0.2, -0.15) is 0 Å². The van der Waals surface area contributed by atoms with Gasteiger partial charge in [-0.05, 0) is 87.1 Å². The van der Waals surface area contributed by atoms with E-state index in [4.69, 9.17) is 4.42 Å². The van der Waals surface area contributed by atoms with E-state index in [0.717, 1.165) is 50.1 Å². The van der Waals surface area contributed by atoms with Crippen molar-refractivity contribution in [2.45, 2.75) is 0 Å². The molecule has 0 unspecified atom stereocenters. The van der Waals surface area contributed by atoms with Gasteiger partial charge in [0.25, 0.3) is 0 Å². The van der Waals surface area contributed by atoms with E-state index in [1.165, 1.54) is 33.0 Å². The van der Waals surface area contributed by atoms with Crippen molar-refractivity contribution in [2.75, 3.05) is 4.90 Å². The summed E-state index contributed by atoms with van der Waals surface area (Å²) in [5, 5.41) is 4.70. The first kappa shape index (κ1) is 27.9. The molecule has 0 fully saturated rings. The van der Waals surface area contributed by atoms with Gasteiger partial charge in [-0.25, -0.2) is 0 Å².